The quantitative estimate of drug-likeness (QED) is 0.871. The maximum atomic E-state index is 13.3. The van der Waals surface area contributed by atoms with Crippen molar-refractivity contribution in [2.45, 2.75) is 36.8 Å². The molecule has 0 saturated heterocycles. The van der Waals surface area contributed by atoms with Gasteiger partial charge in [-0.1, -0.05) is 25.9 Å². The van der Waals surface area contributed by atoms with Gasteiger partial charge in [0.25, 0.3) is 0 Å². The highest BCUT2D eigenvalue weighted by Crippen LogP contribution is 2.26. The van der Waals surface area contributed by atoms with Crippen LogP contribution in [0.2, 0.25) is 0 Å². The molecule has 0 unspecified atom stereocenters. The average molecular weight is 310 g/mol. The molecule has 0 bridgehead atoms. The summed E-state index contributed by atoms with van der Waals surface area (Å²) in [6, 6.07) is 3.96. The Morgan fingerprint density at radius 2 is 2.14 bits per heavy atom. The lowest BCUT2D eigenvalue weighted by Crippen LogP contribution is -2.13. The minimum absolute atomic E-state index is 0.196. The van der Waals surface area contributed by atoms with Gasteiger partial charge < -0.3 is 9.63 Å². The van der Waals surface area contributed by atoms with E-state index in [1.165, 1.54) is 23.9 Å². The number of aromatic carboxylic acids is 1. The first kappa shape index (κ1) is 15.5. The second-order valence-corrected chi connectivity index (χ2v) is 6.55. The van der Waals surface area contributed by atoms with Gasteiger partial charge in [0.2, 0.25) is 5.89 Å². The summed E-state index contributed by atoms with van der Waals surface area (Å²) in [6.45, 7) is 5.94. The van der Waals surface area contributed by atoms with Crippen molar-refractivity contribution in [1.82, 2.24) is 10.1 Å². The van der Waals surface area contributed by atoms with Crippen molar-refractivity contribution in [2.75, 3.05) is 0 Å². The molecule has 0 spiro atoms. The zero-order valence-corrected chi connectivity index (χ0v) is 12.7. The maximum Gasteiger partial charge on any atom is 0.338 e. The molecule has 0 aliphatic heterocycles. The summed E-state index contributed by atoms with van der Waals surface area (Å²) >= 11 is 1.31. The Kier molecular flexibility index (Phi) is 4.32. The van der Waals surface area contributed by atoms with Gasteiger partial charge >= 0.3 is 5.97 Å². The van der Waals surface area contributed by atoms with Crippen molar-refractivity contribution < 1.29 is 18.8 Å². The third-order valence-corrected chi connectivity index (χ3v) is 3.65. The smallest absolute Gasteiger partial charge is 0.338 e. The minimum Gasteiger partial charge on any atom is -0.478 e. The highest BCUT2D eigenvalue weighted by molar-refractivity contribution is 7.98. The largest absolute Gasteiger partial charge is 0.478 e. The van der Waals surface area contributed by atoms with Gasteiger partial charge in [0.1, 0.15) is 5.82 Å². The molecule has 0 aliphatic rings. The summed E-state index contributed by atoms with van der Waals surface area (Å²) in [5.41, 5.74) is -0.542. The molecule has 0 radical (unpaired) electrons. The number of carbonyl (C=O) groups is 1. The minimum atomic E-state index is -1.29. The number of benzene rings is 1. The first-order chi connectivity index (χ1) is 9.77. The zero-order chi connectivity index (χ0) is 15.6. The molecule has 0 atom stereocenters. The van der Waals surface area contributed by atoms with Gasteiger partial charge in [-0.2, -0.15) is 4.98 Å². The van der Waals surface area contributed by atoms with Gasteiger partial charge in [-0.25, -0.2) is 9.18 Å². The molecule has 1 heterocycles. The number of aromatic nitrogens is 2. The second-order valence-electron chi connectivity index (χ2n) is 5.50. The summed E-state index contributed by atoms with van der Waals surface area (Å²) < 4.78 is 18.4. The third kappa shape index (κ3) is 3.81. The van der Waals surface area contributed by atoms with E-state index in [4.69, 9.17) is 9.63 Å². The Balaban J connectivity index is 2.08. The van der Waals surface area contributed by atoms with E-state index in [1.54, 1.807) is 0 Å². The Labute approximate surface area is 125 Å². The Hall–Kier alpha value is -1.89. The molecule has 2 rings (SSSR count). The van der Waals surface area contributed by atoms with Gasteiger partial charge in [0.05, 0.1) is 11.3 Å². The summed E-state index contributed by atoms with van der Waals surface area (Å²) in [7, 11) is 0. The van der Waals surface area contributed by atoms with Crippen molar-refractivity contribution >= 4 is 17.7 Å². The molecule has 0 saturated carbocycles. The van der Waals surface area contributed by atoms with Crippen LogP contribution in [0.1, 0.15) is 42.8 Å². The normalized spacial score (nSPS) is 11.6. The van der Waals surface area contributed by atoms with Crippen molar-refractivity contribution in [3.05, 3.63) is 41.3 Å². The van der Waals surface area contributed by atoms with Crippen LogP contribution in [0, 0.1) is 5.82 Å². The molecule has 0 aliphatic carbocycles. The van der Waals surface area contributed by atoms with Gasteiger partial charge in [0, 0.05) is 10.3 Å². The van der Waals surface area contributed by atoms with Crippen LogP contribution in [0.3, 0.4) is 0 Å². The van der Waals surface area contributed by atoms with Crippen LogP contribution < -0.4 is 0 Å². The molecule has 0 amide bonds. The number of rotatable bonds is 4. The van der Waals surface area contributed by atoms with Gasteiger partial charge in [-0.05, 0) is 18.2 Å². The third-order valence-electron chi connectivity index (χ3n) is 2.67. The van der Waals surface area contributed by atoms with Crippen molar-refractivity contribution in [3.63, 3.8) is 0 Å². The van der Waals surface area contributed by atoms with Gasteiger partial charge in [-0.15, -0.1) is 11.8 Å². The fraction of sp³-hybridized carbons (Fsp3) is 0.357. The fourth-order valence-electron chi connectivity index (χ4n) is 1.52. The number of carboxylic acids is 1. The molecule has 0 fully saturated rings. The lowest BCUT2D eigenvalue weighted by atomic mass is 9.96. The average Bonchev–Trinajstić information content (AvgIpc) is 2.86. The number of carboxylic acid groups (broad SMARTS) is 1. The number of thioether (sulfide) groups is 1. The van der Waals surface area contributed by atoms with E-state index in [-0.39, 0.29) is 11.0 Å². The number of hydrogen-bond donors (Lipinski definition) is 1. The van der Waals surface area contributed by atoms with Crippen LogP contribution in [0.4, 0.5) is 4.39 Å². The number of nitrogens with zero attached hydrogens (tertiary/aromatic N) is 2. The van der Waals surface area contributed by atoms with Crippen molar-refractivity contribution in [2.24, 2.45) is 0 Å². The first-order valence-corrected chi connectivity index (χ1v) is 7.24. The molecular weight excluding hydrogens is 295 g/mol. The molecule has 112 valence electrons. The topological polar surface area (TPSA) is 76.2 Å². The van der Waals surface area contributed by atoms with Crippen LogP contribution in [-0.4, -0.2) is 21.2 Å². The highest BCUT2D eigenvalue weighted by Gasteiger charge is 2.21. The highest BCUT2D eigenvalue weighted by atomic mass is 32.2. The van der Waals surface area contributed by atoms with Gasteiger partial charge in [-0.3, -0.25) is 0 Å². The van der Waals surface area contributed by atoms with Crippen LogP contribution >= 0.6 is 11.8 Å². The summed E-state index contributed by atoms with van der Waals surface area (Å²) in [5, 5.41) is 12.8. The number of hydrogen-bond acceptors (Lipinski definition) is 5. The van der Waals surface area contributed by atoms with E-state index in [0.29, 0.717) is 22.4 Å². The van der Waals surface area contributed by atoms with E-state index in [0.717, 1.165) is 6.07 Å². The van der Waals surface area contributed by atoms with Gasteiger partial charge in [0.15, 0.2) is 5.82 Å². The predicted molar refractivity (Wildman–Crippen MR) is 75.9 cm³/mol. The van der Waals surface area contributed by atoms with Crippen LogP contribution in [0.15, 0.2) is 27.6 Å². The summed E-state index contributed by atoms with van der Waals surface area (Å²) in [5.74, 6) is -0.578. The molecule has 7 heteroatoms. The standard InChI is InChI=1S/C14H15FN2O3S/c1-14(2,3)13-16-11(20-17-13)7-21-8-4-5-10(15)9(6-8)12(18)19/h4-6H,7H2,1-3H3,(H,18,19). The Morgan fingerprint density at radius 3 is 2.71 bits per heavy atom. The van der Waals surface area contributed by atoms with Crippen LogP contribution in [-0.2, 0) is 11.2 Å². The zero-order valence-electron chi connectivity index (χ0n) is 11.9. The van der Waals surface area contributed by atoms with E-state index < -0.39 is 11.8 Å². The van der Waals surface area contributed by atoms with Crippen LogP contribution in [0.5, 0.6) is 0 Å². The predicted octanol–water partition coefficient (Wildman–Crippen LogP) is 3.50. The monoisotopic (exact) mass is 310 g/mol. The van der Waals surface area contributed by atoms with Crippen molar-refractivity contribution in [1.29, 1.82) is 0 Å². The van der Waals surface area contributed by atoms with E-state index in [9.17, 15) is 9.18 Å². The molecule has 21 heavy (non-hydrogen) atoms. The van der Waals surface area contributed by atoms with E-state index in [1.807, 2.05) is 20.8 Å². The van der Waals surface area contributed by atoms with E-state index in [2.05, 4.69) is 10.1 Å². The maximum absolute atomic E-state index is 13.3. The lowest BCUT2D eigenvalue weighted by Gasteiger charge is -2.10. The molecule has 1 aromatic carbocycles. The Morgan fingerprint density at radius 1 is 1.43 bits per heavy atom. The lowest BCUT2D eigenvalue weighted by molar-refractivity contribution is 0.0691. The molecule has 1 N–H and O–H groups in total. The van der Waals surface area contributed by atoms with Crippen LogP contribution in [0.25, 0.3) is 0 Å². The first-order valence-electron chi connectivity index (χ1n) is 6.26. The Bertz CT molecular complexity index is 664. The van der Waals surface area contributed by atoms with Crippen molar-refractivity contribution in [3.8, 4) is 0 Å². The molecule has 5 nitrogen and oxygen atoms in total. The summed E-state index contributed by atoms with van der Waals surface area (Å²) in [4.78, 5) is 15.8. The molecule has 1 aromatic heterocycles. The molecular formula is C14H15FN2O3S. The summed E-state index contributed by atoms with van der Waals surface area (Å²) in [6.07, 6.45) is 0. The van der Waals surface area contributed by atoms with E-state index >= 15 is 0 Å². The number of halogens is 1. The molecule has 2 aromatic rings. The fourth-order valence-corrected chi connectivity index (χ4v) is 2.29. The second kappa shape index (κ2) is 5.85. The SMILES string of the molecule is CC(C)(C)c1noc(CSc2ccc(F)c(C(=O)O)c2)n1.